The lowest BCUT2D eigenvalue weighted by molar-refractivity contribution is -0.138. The predicted octanol–water partition coefficient (Wildman–Crippen LogP) is 2.72. The smallest absolute Gasteiger partial charge is 0.253 e. The van der Waals surface area contributed by atoms with Crippen LogP contribution in [0.15, 0.2) is 66.2 Å². The topological polar surface area (TPSA) is 88.6 Å². The molecule has 2 saturated heterocycles. The maximum atomic E-state index is 13.5. The SMILES string of the molecule is O=C(NC(Cc1cccs1)C(=O)N1CCC2OCC(=O)C21)c1ccc(-c2ccccc2)nc1. The molecule has 8 heteroatoms. The van der Waals surface area contributed by atoms with E-state index in [0.29, 0.717) is 24.9 Å². The number of hydrogen-bond acceptors (Lipinski definition) is 6. The number of amides is 2. The highest BCUT2D eigenvalue weighted by molar-refractivity contribution is 7.09. The van der Waals surface area contributed by atoms with Crippen LogP contribution in [0.3, 0.4) is 0 Å². The van der Waals surface area contributed by atoms with Crippen LogP contribution in [-0.2, 0) is 20.7 Å². The summed E-state index contributed by atoms with van der Waals surface area (Å²) in [5.74, 6) is -0.702. The van der Waals surface area contributed by atoms with Crippen molar-refractivity contribution >= 4 is 28.9 Å². The Bertz CT molecular complexity index is 1150. The molecule has 0 saturated carbocycles. The molecule has 0 spiro atoms. The molecule has 3 atom stereocenters. The number of benzene rings is 1. The van der Waals surface area contributed by atoms with E-state index in [-0.39, 0.29) is 30.3 Å². The molecule has 1 aromatic carbocycles. The molecule has 2 amide bonds. The Balaban J connectivity index is 1.34. The van der Waals surface area contributed by atoms with Crippen LogP contribution >= 0.6 is 11.3 Å². The van der Waals surface area contributed by atoms with Crippen LogP contribution in [0.25, 0.3) is 11.3 Å². The number of aromatic nitrogens is 1. The first-order valence-electron chi connectivity index (χ1n) is 10.9. The van der Waals surface area contributed by atoms with E-state index in [0.717, 1.165) is 16.1 Å². The number of thiophene rings is 1. The normalized spacial score (nSPS) is 20.5. The van der Waals surface area contributed by atoms with E-state index in [1.54, 1.807) is 17.0 Å². The van der Waals surface area contributed by atoms with Crippen molar-refractivity contribution < 1.29 is 19.1 Å². The van der Waals surface area contributed by atoms with E-state index in [4.69, 9.17) is 4.74 Å². The highest BCUT2D eigenvalue weighted by Gasteiger charge is 2.48. The number of ether oxygens (including phenoxy) is 1. The molecule has 33 heavy (non-hydrogen) atoms. The Labute approximate surface area is 195 Å². The number of ketones is 1. The Morgan fingerprint density at radius 3 is 2.73 bits per heavy atom. The summed E-state index contributed by atoms with van der Waals surface area (Å²) in [6.07, 6.45) is 2.27. The maximum absolute atomic E-state index is 13.5. The molecule has 1 N–H and O–H groups in total. The number of carbonyl (C=O) groups is 3. The molecular weight excluding hydrogens is 438 g/mol. The van der Waals surface area contributed by atoms with E-state index < -0.39 is 12.1 Å². The van der Waals surface area contributed by atoms with Gasteiger partial charge in [0.25, 0.3) is 5.91 Å². The molecule has 7 nitrogen and oxygen atoms in total. The fourth-order valence-corrected chi connectivity index (χ4v) is 5.17. The van der Waals surface area contributed by atoms with Crippen molar-refractivity contribution in [1.82, 2.24) is 15.2 Å². The number of nitrogens with one attached hydrogen (secondary N) is 1. The van der Waals surface area contributed by atoms with E-state index in [2.05, 4.69) is 10.3 Å². The number of Topliss-reactive ketones (excluding diaryl/α,β-unsaturated/α-hetero) is 1. The Morgan fingerprint density at radius 1 is 1.15 bits per heavy atom. The van der Waals surface area contributed by atoms with Gasteiger partial charge in [0.2, 0.25) is 5.91 Å². The average molecular weight is 462 g/mol. The summed E-state index contributed by atoms with van der Waals surface area (Å²) in [7, 11) is 0. The Morgan fingerprint density at radius 2 is 2.00 bits per heavy atom. The number of rotatable bonds is 6. The maximum Gasteiger partial charge on any atom is 0.253 e. The second-order valence-corrected chi connectivity index (χ2v) is 9.22. The van der Waals surface area contributed by atoms with Crippen molar-refractivity contribution in [3.63, 3.8) is 0 Å². The molecular formula is C25H23N3O4S. The third-order valence-corrected chi connectivity index (χ3v) is 6.98. The lowest BCUT2D eigenvalue weighted by atomic mass is 10.1. The summed E-state index contributed by atoms with van der Waals surface area (Å²) in [6.45, 7) is 0.491. The van der Waals surface area contributed by atoms with Crippen LogP contribution in [0.1, 0.15) is 21.7 Å². The lowest BCUT2D eigenvalue weighted by Gasteiger charge is -2.27. The minimum absolute atomic E-state index is 0.0422. The summed E-state index contributed by atoms with van der Waals surface area (Å²) in [4.78, 5) is 45.8. The number of nitrogens with zero attached hydrogens (tertiary/aromatic N) is 2. The largest absolute Gasteiger partial charge is 0.368 e. The fraction of sp³-hybridized carbons (Fsp3) is 0.280. The van der Waals surface area contributed by atoms with Gasteiger partial charge in [0.05, 0.1) is 17.4 Å². The van der Waals surface area contributed by atoms with Crippen molar-refractivity contribution in [3.8, 4) is 11.3 Å². The molecule has 168 valence electrons. The standard InChI is InChI=1S/C25H23N3O4S/c29-21-15-32-22-10-11-28(23(21)22)25(31)20(13-18-7-4-12-33-18)27-24(30)17-8-9-19(26-14-17)16-5-2-1-3-6-16/h1-9,12,14,20,22-23H,10-11,13,15H2,(H,27,30). The van der Waals surface area contributed by atoms with Gasteiger partial charge in [-0.3, -0.25) is 19.4 Å². The van der Waals surface area contributed by atoms with Crippen LogP contribution in [0, 0.1) is 0 Å². The summed E-state index contributed by atoms with van der Waals surface area (Å²) in [5.41, 5.74) is 2.10. The van der Waals surface area contributed by atoms with Gasteiger partial charge in [-0.2, -0.15) is 0 Å². The van der Waals surface area contributed by atoms with Gasteiger partial charge in [-0.15, -0.1) is 11.3 Å². The predicted molar refractivity (Wildman–Crippen MR) is 124 cm³/mol. The molecule has 4 heterocycles. The van der Waals surface area contributed by atoms with Crippen molar-refractivity contribution in [3.05, 3.63) is 76.6 Å². The number of pyridine rings is 1. The third-order valence-electron chi connectivity index (χ3n) is 6.08. The molecule has 2 aromatic heterocycles. The molecule has 0 aliphatic carbocycles. The zero-order valence-electron chi connectivity index (χ0n) is 17.8. The van der Waals surface area contributed by atoms with Gasteiger partial charge in [-0.25, -0.2) is 0 Å². The summed E-state index contributed by atoms with van der Waals surface area (Å²) in [5, 5.41) is 4.82. The minimum atomic E-state index is -0.780. The number of fused-ring (bicyclic) bond motifs is 1. The quantitative estimate of drug-likeness (QED) is 0.610. The van der Waals surface area contributed by atoms with Gasteiger partial charge in [0.15, 0.2) is 5.78 Å². The van der Waals surface area contributed by atoms with Crippen LogP contribution in [-0.4, -0.2) is 58.8 Å². The molecule has 2 aliphatic rings. The summed E-state index contributed by atoms with van der Waals surface area (Å²) >= 11 is 1.53. The van der Waals surface area contributed by atoms with Crippen LogP contribution < -0.4 is 5.32 Å². The van der Waals surface area contributed by atoms with Gasteiger partial charge in [-0.1, -0.05) is 36.4 Å². The first-order chi connectivity index (χ1) is 16.1. The highest BCUT2D eigenvalue weighted by atomic mass is 32.1. The number of hydrogen-bond donors (Lipinski definition) is 1. The fourth-order valence-electron chi connectivity index (χ4n) is 4.42. The molecule has 2 aliphatic heterocycles. The van der Waals surface area contributed by atoms with E-state index in [1.807, 2.05) is 47.8 Å². The van der Waals surface area contributed by atoms with Gasteiger partial charge in [0, 0.05) is 29.6 Å². The zero-order chi connectivity index (χ0) is 22.8. The van der Waals surface area contributed by atoms with Crippen molar-refractivity contribution in [2.45, 2.75) is 31.0 Å². The van der Waals surface area contributed by atoms with E-state index in [1.165, 1.54) is 17.5 Å². The Kier molecular flexibility index (Phi) is 6.02. The average Bonchev–Trinajstić information content (AvgIpc) is 3.59. The molecule has 0 bridgehead atoms. The summed E-state index contributed by atoms with van der Waals surface area (Å²) < 4.78 is 5.52. The van der Waals surface area contributed by atoms with Crippen LogP contribution in [0.2, 0.25) is 0 Å². The van der Waals surface area contributed by atoms with E-state index >= 15 is 0 Å². The monoisotopic (exact) mass is 461 g/mol. The van der Waals surface area contributed by atoms with Gasteiger partial charge < -0.3 is 15.0 Å². The highest BCUT2D eigenvalue weighted by Crippen LogP contribution is 2.28. The van der Waals surface area contributed by atoms with E-state index in [9.17, 15) is 14.4 Å². The van der Waals surface area contributed by atoms with Gasteiger partial charge >= 0.3 is 0 Å². The molecule has 3 unspecified atom stereocenters. The van der Waals surface area contributed by atoms with Crippen molar-refractivity contribution in [2.75, 3.05) is 13.2 Å². The lowest BCUT2D eigenvalue weighted by Crippen LogP contribution is -2.53. The zero-order valence-corrected chi connectivity index (χ0v) is 18.7. The molecule has 2 fully saturated rings. The minimum Gasteiger partial charge on any atom is -0.368 e. The van der Waals surface area contributed by atoms with Crippen molar-refractivity contribution in [1.29, 1.82) is 0 Å². The second-order valence-electron chi connectivity index (χ2n) is 8.19. The second kappa shape index (κ2) is 9.25. The van der Waals surface area contributed by atoms with Gasteiger partial charge in [0.1, 0.15) is 18.7 Å². The Hall–Kier alpha value is -3.36. The van der Waals surface area contributed by atoms with Gasteiger partial charge in [-0.05, 0) is 30.0 Å². The number of likely N-dealkylation sites (tertiary alicyclic amines) is 1. The number of carbonyl (C=O) groups excluding carboxylic acids is 3. The van der Waals surface area contributed by atoms with Crippen LogP contribution in [0.5, 0.6) is 0 Å². The molecule has 5 rings (SSSR count). The third kappa shape index (κ3) is 4.44. The molecule has 3 aromatic rings. The first-order valence-corrected chi connectivity index (χ1v) is 11.8. The van der Waals surface area contributed by atoms with Crippen LogP contribution in [0.4, 0.5) is 0 Å². The van der Waals surface area contributed by atoms with Crippen molar-refractivity contribution in [2.24, 2.45) is 0 Å². The molecule has 0 radical (unpaired) electrons. The summed E-state index contributed by atoms with van der Waals surface area (Å²) in [6, 6.07) is 15.7. The first kappa shape index (κ1) is 21.5.